The van der Waals surface area contributed by atoms with Crippen LogP contribution in [-0.4, -0.2) is 24.1 Å². The summed E-state index contributed by atoms with van der Waals surface area (Å²) in [5, 5.41) is 4.91. The minimum Gasteiger partial charge on any atom is -0.315 e. The number of pyridine rings is 1. The van der Waals surface area contributed by atoms with Crippen LogP contribution in [0.5, 0.6) is 0 Å². The van der Waals surface area contributed by atoms with Gasteiger partial charge in [-0.25, -0.2) is 4.98 Å². The van der Waals surface area contributed by atoms with Gasteiger partial charge in [-0.3, -0.25) is 4.79 Å². The first-order valence-corrected chi connectivity index (χ1v) is 6.35. The van der Waals surface area contributed by atoms with E-state index >= 15 is 0 Å². The van der Waals surface area contributed by atoms with Gasteiger partial charge in [0.05, 0.1) is 16.6 Å². The molecule has 0 aliphatic heterocycles. The molecule has 3 aromatic heterocycles. The van der Waals surface area contributed by atoms with E-state index in [1.54, 1.807) is 9.08 Å². The number of nitrogens with zero attached hydrogens (tertiary/aromatic N) is 5. The van der Waals surface area contributed by atoms with Gasteiger partial charge in [0.25, 0.3) is 11.3 Å². The van der Waals surface area contributed by atoms with E-state index in [4.69, 9.17) is 0 Å². The van der Waals surface area contributed by atoms with Crippen molar-refractivity contribution in [3.05, 3.63) is 34.1 Å². The Morgan fingerprint density at radius 2 is 2.05 bits per heavy atom. The van der Waals surface area contributed by atoms with Gasteiger partial charge in [0.1, 0.15) is 5.82 Å². The summed E-state index contributed by atoms with van der Waals surface area (Å²) in [4.78, 5) is 21.1. The van der Waals surface area contributed by atoms with Crippen molar-refractivity contribution in [2.24, 2.45) is 0 Å². The van der Waals surface area contributed by atoms with Gasteiger partial charge in [0.15, 0.2) is 0 Å². The molecule has 0 unspecified atom stereocenters. The Balaban J connectivity index is 2.47. The van der Waals surface area contributed by atoms with Gasteiger partial charge in [0, 0.05) is 12.7 Å². The second kappa shape index (κ2) is 4.15. The van der Waals surface area contributed by atoms with Gasteiger partial charge < -0.3 is 4.57 Å². The molecule has 3 rings (SSSR count). The summed E-state index contributed by atoms with van der Waals surface area (Å²) >= 11 is 0. The van der Waals surface area contributed by atoms with Gasteiger partial charge in [-0.1, -0.05) is 6.92 Å². The molecule has 19 heavy (non-hydrogen) atoms. The first-order valence-electron chi connectivity index (χ1n) is 6.35. The topological polar surface area (TPSA) is 65.1 Å². The average Bonchev–Trinajstić information content (AvgIpc) is 2.73. The molecule has 0 aliphatic carbocycles. The molecule has 0 N–H and O–H groups in total. The van der Waals surface area contributed by atoms with Gasteiger partial charge in [-0.15, -0.1) is 5.10 Å². The van der Waals surface area contributed by atoms with Crippen LogP contribution in [0.25, 0.3) is 16.7 Å². The maximum absolute atomic E-state index is 12.5. The van der Waals surface area contributed by atoms with Crippen LogP contribution in [0.1, 0.15) is 24.9 Å². The summed E-state index contributed by atoms with van der Waals surface area (Å²) in [5.74, 6) is 1.19. The number of hydrogen-bond donors (Lipinski definition) is 0. The predicted octanol–water partition coefficient (Wildman–Crippen LogP) is 1.47. The Kier molecular flexibility index (Phi) is 2.58. The fourth-order valence-corrected chi connectivity index (χ4v) is 2.34. The van der Waals surface area contributed by atoms with E-state index in [1.807, 2.05) is 33.0 Å². The summed E-state index contributed by atoms with van der Waals surface area (Å²) < 4.78 is 3.35. The van der Waals surface area contributed by atoms with E-state index in [9.17, 15) is 4.79 Å². The Morgan fingerprint density at radius 1 is 1.26 bits per heavy atom. The smallest absolute Gasteiger partial charge is 0.261 e. The first-order chi connectivity index (χ1) is 9.11. The van der Waals surface area contributed by atoms with E-state index in [2.05, 4.69) is 15.1 Å². The molecular weight excluding hydrogens is 242 g/mol. The van der Waals surface area contributed by atoms with Crippen LogP contribution in [0.2, 0.25) is 0 Å². The summed E-state index contributed by atoms with van der Waals surface area (Å²) in [7, 11) is 0. The van der Waals surface area contributed by atoms with Crippen LogP contribution in [0.3, 0.4) is 0 Å². The minimum atomic E-state index is -0.0144. The maximum atomic E-state index is 12.5. The van der Waals surface area contributed by atoms with E-state index in [0.717, 1.165) is 11.9 Å². The van der Waals surface area contributed by atoms with E-state index in [0.29, 0.717) is 29.2 Å². The van der Waals surface area contributed by atoms with E-state index in [-0.39, 0.29) is 5.56 Å². The lowest BCUT2D eigenvalue weighted by Crippen LogP contribution is -2.21. The quantitative estimate of drug-likeness (QED) is 0.697. The lowest BCUT2D eigenvalue weighted by Gasteiger charge is -2.07. The normalized spacial score (nSPS) is 11.5. The summed E-state index contributed by atoms with van der Waals surface area (Å²) in [6.45, 7) is 6.41. The van der Waals surface area contributed by atoms with Crippen LogP contribution in [0, 0.1) is 13.8 Å². The van der Waals surface area contributed by atoms with Crippen molar-refractivity contribution < 1.29 is 0 Å². The van der Waals surface area contributed by atoms with E-state index < -0.39 is 0 Å². The third-order valence-corrected chi connectivity index (χ3v) is 3.16. The fraction of sp³-hybridized carbons (Fsp3) is 0.385. The van der Waals surface area contributed by atoms with Crippen LogP contribution in [0.4, 0.5) is 0 Å². The lowest BCUT2D eigenvalue weighted by molar-refractivity contribution is 0.658. The summed E-state index contributed by atoms with van der Waals surface area (Å²) in [5.41, 5.74) is 1.45. The molecule has 0 saturated carbocycles. The van der Waals surface area contributed by atoms with Crippen LogP contribution >= 0.6 is 0 Å². The number of fused-ring (bicyclic) bond motifs is 3. The molecule has 0 radical (unpaired) electrons. The Morgan fingerprint density at radius 3 is 2.79 bits per heavy atom. The average molecular weight is 257 g/mol. The number of hydrogen-bond acceptors (Lipinski definition) is 4. The minimum absolute atomic E-state index is 0.0144. The Labute approximate surface area is 109 Å². The second-order valence-electron chi connectivity index (χ2n) is 4.64. The van der Waals surface area contributed by atoms with Crippen molar-refractivity contribution in [2.75, 3.05) is 0 Å². The molecule has 98 valence electrons. The highest BCUT2D eigenvalue weighted by Gasteiger charge is 2.12. The largest absolute Gasteiger partial charge is 0.315 e. The molecule has 6 heteroatoms. The van der Waals surface area contributed by atoms with Gasteiger partial charge in [-0.05, 0) is 26.3 Å². The standard InChI is InChI=1S/C13H15N5O/c1-4-6-17-7-5-10-11(12(17)19)8(2)14-13-15-9(3)16-18(10)13/h5,7H,4,6H2,1-3H3. The van der Waals surface area contributed by atoms with Crippen LogP contribution in [-0.2, 0) is 6.54 Å². The second-order valence-corrected chi connectivity index (χ2v) is 4.64. The highest BCUT2D eigenvalue weighted by molar-refractivity contribution is 5.81. The molecule has 3 aromatic rings. The van der Waals surface area contributed by atoms with Crippen molar-refractivity contribution in [1.82, 2.24) is 24.1 Å². The zero-order valence-electron chi connectivity index (χ0n) is 11.2. The maximum Gasteiger partial charge on any atom is 0.261 e. The summed E-state index contributed by atoms with van der Waals surface area (Å²) in [6.07, 6.45) is 2.73. The molecule has 3 heterocycles. The van der Waals surface area contributed by atoms with Crippen molar-refractivity contribution in [1.29, 1.82) is 0 Å². The highest BCUT2D eigenvalue weighted by atomic mass is 16.1. The zero-order valence-corrected chi connectivity index (χ0v) is 11.2. The fourth-order valence-electron chi connectivity index (χ4n) is 2.34. The number of rotatable bonds is 2. The molecule has 0 aliphatic rings. The molecule has 0 atom stereocenters. The van der Waals surface area contributed by atoms with Gasteiger partial charge in [-0.2, -0.15) is 9.50 Å². The molecule has 0 bridgehead atoms. The van der Waals surface area contributed by atoms with E-state index in [1.165, 1.54) is 0 Å². The number of aromatic nitrogens is 5. The first kappa shape index (κ1) is 11.8. The summed E-state index contributed by atoms with van der Waals surface area (Å²) in [6, 6.07) is 1.90. The third-order valence-electron chi connectivity index (χ3n) is 3.16. The van der Waals surface area contributed by atoms with Crippen LogP contribution in [0.15, 0.2) is 17.1 Å². The van der Waals surface area contributed by atoms with Crippen molar-refractivity contribution >= 4 is 16.7 Å². The SMILES string of the molecule is CCCn1ccc2c(c(C)nc3nc(C)nn32)c1=O. The zero-order chi connectivity index (χ0) is 13.6. The predicted molar refractivity (Wildman–Crippen MR) is 72.3 cm³/mol. The van der Waals surface area contributed by atoms with Crippen molar-refractivity contribution in [2.45, 2.75) is 33.7 Å². The molecule has 0 saturated heterocycles. The lowest BCUT2D eigenvalue weighted by atomic mass is 10.2. The molecule has 6 nitrogen and oxygen atoms in total. The monoisotopic (exact) mass is 257 g/mol. The molecule has 0 amide bonds. The highest BCUT2D eigenvalue weighted by Crippen LogP contribution is 2.14. The van der Waals surface area contributed by atoms with Gasteiger partial charge >= 0.3 is 0 Å². The Hall–Kier alpha value is -2.24. The van der Waals surface area contributed by atoms with Crippen molar-refractivity contribution in [3.8, 4) is 0 Å². The third kappa shape index (κ3) is 1.71. The molecular formula is C13H15N5O. The number of aryl methyl sites for hydroxylation is 3. The van der Waals surface area contributed by atoms with Gasteiger partial charge in [0.2, 0.25) is 0 Å². The van der Waals surface area contributed by atoms with Crippen LogP contribution < -0.4 is 5.56 Å². The van der Waals surface area contributed by atoms with Crippen molar-refractivity contribution in [3.63, 3.8) is 0 Å². The molecule has 0 spiro atoms. The molecule has 0 aromatic carbocycles. The molecule has 0 fully saturated rings. The Bertz CT molecular complexity index is 830.